The molecule has 0 radical (unpaired) electrons. The van der Waals surface area contributed by atoms with Crippen LogP contribution in [-0.2, 0) is 17.1 Å². The molecule has 1 saturated heterocycles. The zero-order valence-electron chi connectivity index (χ0n) is 15.0. The molecule has 0 spiro atoms. The summed E-state index contributed by atoms with van der Waals surface area (Å²) in [6, 6.07) is 6.89. The Hall–Kier alpha value is -1.77. The predicted molar refractivity (Wildman–Crippen MR) is 104 cm³/mol. The smallest absolute Gasteiger partial charge is 0.243 e. The van der Waals surface area contributed by atoms with E-state index in [4.69, 9.17) is 4.42 Å². The lowest BCUT2D eigenvalue weighted by atomic mass is 10.0. The number of aromatic nitrogens is 2. The lowest BCUT2D eigenvalue weighted by Crippen LogP contribution is -2.30. The first kappa shape index (κ1) is 17.3. The van der Waals surface area contributed by atoms with Crippen molar-refractivity contribution in [2.75, 3.05) is 13.1 Å². The molecule has 2 aliphatic rings. The number of hydrogen-bond acceptors (Lipinski definition) is 5. The third-order valence-electron chi connectivity index (χ3n) is 5.78. The molecular formula is C19H21N3O3S2. The molecule has 8 heteroatoms. The fourth-order valence-electron chi connectivity index (χ4n) is 4.36. The number of nitrogens with zero attached hydrogens (tertiary/aromatic N) is 3. The molecule has 1 aromatic carbocycles. The maximum atomic E-state index is 13.1. The van der Waals surface area contributed by atoms with Crippen molar-refractivity contribution in [3.8, 4) is 0 Å². The van der Waals surface area contributed by atoms with Gasteiger partial charge >= 0.3 is 0 Å². The highest BCUT2D eigenvalue weighted by atomic mass is 32.2. The van der Waals surface area contributed by atoms with Crippen LogP contribution in [0.4, 0.5) is 0 Å². The fraction of sp³-hybridized carbons (Fsp3) is 0.421. The van der Waals surface area contributed by atoms with Gasteiger partial charge in [-0.25, -0.2) is 13.4 Å². The Bertz CT molecular complexity index is 1070. The molecule has 3 heterocycles. The van der Waals surface area contributed by atoms with E-state index in [9.17, 15) is 8.42 Å². The summed E-state index contributed by atoms with van der Waals surface area (Å²) in [6.07, 6.45) is 7.47. The van der Waals surface area contributed by atoms with Crippen LogP contribution in [0.2, 0.25) is 0 Å². The van der Waals surface area contributed by atoms with E-state index >= 15 is 0 Å². The van der Waals surface area contributed by atoms with Gasteiger partial charge in [-0.15, -0.1) is 0 Å². The van der Waals surface area contributed by atoms with Crippen LogP contribution in [-0.4, -0.2) is 40.6 Å². The second-order valence-electron chi connectivity index (χ2n) is 7.49. The van der Waals surface area contributed by atoms with Crippen LogP contribution >= 0.6 is 11.8 Å². The molecule has 2 aromatic heterocycles. The summed E-state index contributed by atoms with van der Waals surface area (Å²) in [5.41, 5.74) is 0.710. The van der Waals surface area contributed by atoms with Crippen molar-refractivity contribution in [3.63, 3.8) is 0 Å². The Morgan fingerprint density at radius 3 is 2.67 bits per heavy atom. The monoisotopic (exact) mass is 403 g/mol. The molecular weight excluding hydrogens is 382 g/mol. The van der Waals surface area contributed by atoms with E-state index < -0.39 is 10.0 Å². The molecule has 0 amide bonds. The highest BCUT2D eigenvalue weighted by molar-refractivity contribution is 7.99. The van der Waals surface area contributed by atoms with Gasteiger partial charge in [0.1, 0.15) is 5.58 Å². The molecule has 6 nitrogen and oxygen atoms in total. The van der Waals surface area contributed by atoms with E-state index in [1.807, 2.05) is 35.8 Å². The number of rotatable bonds is 4. The van der Waals surface area contributed by atoms with Crippen molar-refractivity contribution in [3.05, 3.63) is 42.9 Å². The Labute approximate surface area is 162 Å². The van der Waals surface area contributed by atoms with Gasteiger partial charge in [0.2, 0.25) is 10.0 Å². The summed E-state index contributed by atoms with van der Waals surface area (Å²) in [5.74, 6) is 0.880. The first-order chi connectivity index (χ1) is 13.0. The van der Waals surface area contributed by atoms with Crippen molar-refractivity contribution in [1.82, 2.24) is 13.9 Å². The third kappa shape index (κ3) is 2.99. The van der Waals surface area contributed by atoms with E-state index in [0.717, 1.165) is 23.4 Å². The van der Waals surface area contributed by atoms with Gasteiger partial charge in [0.05, 0.1) is 11.2 Å². The molecule has 3 atom stereocenters. The van der Waals surface area contributed by atoms with Crippen LogP contribution < -0.4 is 0 Å². The number of benzene rings is 1. The maximum Gasteiger partial charge on any atom is 0.243 e. The van der Waals surface area contributed by atoms with Crippen LogP contribution in [0.25, 0.3) is 11.0 Å². The number of sulfonamides is 1. The largest absolute Gasteiger partial charge is 0.464 e. The van der Waals surface area contributed by atoms with E-state index in [2.05, 4.69) is 4.98 Å². The number of thioether (sulfide) groups is 1. The minimum atomic E-state index is -3.46. The second kappa shape index (κ2) is 6.39. The third-order valence-corrected chi connectivity index (χ3v) is 8.94. The molecule has 1 aliphatic carbocycles. The Kier molecular flexibility index (Phi) is 4.10. The minimum absolute atomic E-state index is 0.357. The summed E-state index contributed by atoms with van der Waals surface area (Å²) < 4.78 is 35.2. The topological polar surface area (TPSA) is 68.3 Å². The lowest BCUT2D eigenvalue weighted by molar-refractivity contribution is 0.447. The predicted octanol–water partition coefficient (Wildman–Crippen LogP) is 3.36. The van der Waals surface area contributed by atoms with Gasteiger partial charge in [0, 0.05) is 43.2 Å². The van der Waals surface area contributed by atoms with Gasteiger partial charge in [-0.05, 0) is 48.9 Å². The summed E-state index contributed by atoms with van der Waals surface area (Å²) in [4.78, 5) is 4.76. The Morgan fingerprint density at radius 1 is 1.19 bits per heavy atom. The van der Waals surface area contributed by atoms with E-state index in [1.54, 1.807) is 34.8 Å². The highest BCUT2D eigenvalue weighted by Crippen LogP contribution is 2.45. The van der Waals surface area contributed by atoms with Gasteiger partial charge in [-0.2, -0.15) is 4.31 Å². The summed E-state index contributed by atoms with van der Waals surface area (Å²) in [5, 5.41) is 2.38. The van der Waals surface area contributed by atoms with Crippen molar-refractivity contribution in [2.24, 2.45) is 18.9 Å². The van der Waals surface area contributed by atoms with Crippen molar-refractivity contribution in [2.45, 2.75) is 28.1 Å². The molecule has 142 valence electrons. The molecule has 0 N–H and O–H groups in total. The number of furan rings is 1. The standard InChI is InChI=1S/C19H21N3O3S2/c1-21-6-5-20-19(21)26-16-8-14-11-22(12-15(14)9-16)27(23,24)17-2-3-18-13(10-17)4-7-25-18/h2-7,10,14-16H,8-9,11-12H2,1H3/t14-,15+,16+. The van der Waals surface area contributed by atoms with Crippen molar-refractivity contribution >= 4 is 32.8 Å². The molecule has 0 bridgehead atoms. The molecule has 3 aromatic rings. The Balaban J connectivity index is 1.29. The van der Waals surface area contributed by atoms with Gasteiger partial charge in [0.15, 0.2) is 5.16 Å². The maximum absolute atomic E-state index is 13.1. The van der Waals surface area contributed by atoms with Crippen LogP contribution in [0.1, 0.15) is 12.8 Å². The number of hydrogen-bond donors (Lipinski definition) is 0. The molecule has 2 fully saturated rings. The average molecular weight is 404 g/mol. The van der Waals surface area contributed by atoms with Crippen LogP contribution in [0.3, 0.4) is 0 Å². The minimum Gasteiger partial charge on any atom is -0.464 e. The summed E-state index contributed by atoms with van der Waals surface area (Å²) in [7, 11) is -1.45. The van der Waals surface area contributed by atoms with E-state index in [-0.39, 0.29) is 0 Å². The number of fused-ring (bicyclic) bond motifs is 2. The second-order valence-corrected chi connectivity index (χ2v) is 10.7. The molecule has 1 saturated carbocycles. The first-order valence-electron chi connectivity index (χ1n) is 9.12. The van der Waals surface area contributed by atoms with Gasteiger partial charge in [-0.3, -0.25) is 0 Å². The lowest BCUT2D eigenvalue weighted by Gasteiger charge is -2.19. The van der Waals surface area contributed by atoms with E-state index in [1.165, 1.54) is 0 Å². The van der Waals surface area contributed by atoms with Gasteiger partial charge in [-0.1, -0.05) is 11.8 Å². The first-order valence-corrected chi connectivity index (χ1v) is 11.4. The molecule has 27 heavy (non-hydrogen) atoms. The normalized spacial score (nSPS) is 26.0. The summed E-state index contributed by atoms with van der Waals surface area (Å²) >= 11 is 1.82. The molecule has 5 rings (SSSR count). The van der Waals surface area contributed by atoms with Crippen molar-refractivity contribution < 1.29 is 12.8 Å². The summed E-state index contributed by atoms with van der Waals surface area (Å²) in [6.45, 7) is 1.24. The van der Waals surface area contributed by atoms with Gasteiger partial charge in [0.25, 0.3) is 0 Å². The quantitative estimate of drug-likeness (QED) is 0.668. The van der Waals surface area contributed by atoms with Gasteiger partial charge < -0.3 is 8.98 Å². The zero-order valence-corrected chi connectivity index (χ0v) is 16.6. The van der Waals surface area contributed by atoms with Crippen LogP contribution in [0.15, 0.2) is 57.4 Å². The van der Waals surface area contributed by atoms with Crippen LogP contribution in [0.5, 0.6) is 0 Å². The Morgan fingerprint density at radius 2 is 1.96 bits per heavy atom. The SMILES string of the molecule is Cn1ccnc1S[C@H]1C[C@@H]2CN(S(=O)(=O)c3ccc4occc4c3)C[C@@H]2C1. The number of imidazole rings is 1. The number of aryl methyl sites for hydroxylation is 1. The van der Waals surface area contributed by atoms with Crippen LogP contribution in [0, 0.1) is 11.8 Å². The zero-order chi connectivity index (χ0) is 18.6. The molecule has 0 unspecified atom stereocenters. The van der Waals surface area contributed by atoms with Crippen molar-refractivity contribution in [1.29, 1.82) is 0 Å². The molecule has 1 aliphatic heterocycles. The fourth-order valence-corrected chi connectivity index (χ4v) is 7.29. The highest BCUT2D eigenvalue weighted by Gasteiger charge is 2.45. The average Bonchev–Trinajstić information content (AvgIpc) is 3.39. The van der Waals surface area contributed by atoms with E-state index in [0.29, 0.717) is 40.7 Å².